The number of hydrogen-bond acceptors (Lipinski definition) is 18. The van der Waals surface area contributed by atoms with Gasteiger partial charge in [-0.25, -0.2) is 26.8 Å². The molecule has 0 spiro atoms. The molecule has 0 saturated carbocycles. The van der Waals surface area contributed by atoms with Gasteiger partial charge in [-0.2, -0.15) is 0 Å². The van der Waals surface area contributed by atoms with Gasteiger partial charge in [0.1, 0.15) is 80.9 Å². The van der Waals surface area contributed by atoms with Gasteiger partial charge in [0.2, 0.25) is 11.6 Å². The summed E-state index contributed by atoms with van der Waals surface area (Å²) in [6, 6.07) is 28.8. The number of ether oxygens (including phenoxy) is 6. The summed E-state index contributed by atoms with van der Waals surface area (Å²) < 4.78 is 108. The average molecular weight is 1100 g/mol. The maximum Gasteiger partial charge on any atom is 0.204 e. The predicted octanol–water partition coefficient (Wildman–Crippen LogP) is 8.38. The van der Waals surface area contributed by atoms with Crippen molar-refractivity contribution >= 4 is 31.0 Å². The van der Waals surface area contributed by atoms with E-state index < -0.39 is 53.9 Å². The van der Waals surface area contributed by atoms with Crippen molar-refractivity contribution in [3.63, 3.8) is 0 Å². The monoisotopic (exact) mass is 1100 g/mol. The topological polar surface area (TPSA) is 246 Å². The quantitative estimate of drug-likeness (QED) is 0.0695. The molecule has 10 aromatic rings. The fourth-order valence-corrected chi connectivity index (χ4v) is 12.0. The molecule has 2 aromatic carbocycles. The third-order valence-electron chi connectivity index (χ3n) is 13.1. The molecule has 0 aliphatic heterocycles. The van der Waals surface area contributed by atoms with Crippen LogP contribution in [0.3, 0.4) is 0 Å². The number of hydrogen-bond donors (Lipinski definition) is 0. The third kappa shape index (κ3) is 10.7. The van der Waals surface area contributed by atoms with Crippen LogP contribution in [0.1, 0.15) is 60.6 Å². The Hall–Kier alpha value is -8.32. The van der Waals surface area contributed by atoms with Crippen molar-refractivity contribution in [3.05, 3.63) is 156 Å². The minimum absolute atomic E-state index is 0.165. The van der Waals surface area contributed by atoms with E-state index in [1.165, 1.54) is 42.7 Å². The van der Waals surface area contributed by atoms with Crippen molar-refractivity contribution < 1.29 is 54.1 Å². The number of pyridine rings is 2. The summed E-state index contributed by atoms with van der Waals surface area (Å²) in [6.45, 7) is 6.83. The van der Waals surface area contributed by atoms with Gasteiger partial charge < -0.3 is 46.1 Å². The Morgan fingerprint density at radius 2 is 0.859 bits per heavy atom. The molecule has 0 aliphatic rings. The molecule has 78 heavy (non-hydrogen) atoms. The molecule has 0 bridgehead atoms. The van der Waals surface area contributed by atoms with Gasteiger partial charge in [0.05, 0.1) is 50.3 Å². The zero-order chi connectivity index (χ0) is 55.5. The van der Waals surface area contributed by atoms with Crippen LogP contribution in [0, 0.1) is 13.8 Å². The first kappa shape index (κ1) is 54.5. The maximum absolute atomic E-state index is 13.8. The first-order valence-corrected chi connectivity index (χ1v) is 27.8. The normalized spacial score (nSPS) is 13.5. The molecule has 0 unspecified atom stereocenters. The number of methoxy groups -OCH3 is 6. The molecular formula is C54H58N10O12S2. The maximum atomic E-state index is 13.8. The van der Waals surface area contributed by atoms with Gasteiger partial charge in [-0.05, 0) is 100 Å². The average Bonchev–Trinajstić information content (AvgIpc) is 4.34. The highest BCUT2D eigenvalue weighted by Gasteiger charge is 2.37. The summed E-state index contributed by atoms with van der Waals surface area (Å²) >= 11 is 0. The van der Waals surface area contributed by atoms with E-state index in [-0.39, 0.29) is 11.6 Å². The molecule has 8 aromatic heterocycles. The van der Waals surface area contributed by atoms with E-state index in [1.807, 2.05) is 71.4 Å². The van der Waals surface area contributed by atoms with Crippen molar-refractivity contribution in [1.29, 1.82) is 0 Å². The largest absolute Gasteiger partial charge is 0.494 e. The number of sulfone groups is 2. The van der Waals surface area contributed by atoms with E-state index in [4.69, 9.17) is 37.3 Å². The van der Waals surface area contributed by atoms with Crippen LogP contribution in [0.15, 0.2) is 131 Å². The fourth-order valence-electron chi connectivity index (χ4n) is 9.11. The molecule has 0 aliphatic carbocycles. The molecule has 0 N–H and O–H groups in total. The van der Waals surface area contributed by atoms with Crippen molar-refractivity contribution in [2.24, 2.45) is 0 Å². The van der Waals surface area contributed by atoms with Gasteiger partial charge in [0, 0.05) is 39.0 Å². The van der Waals surface area contributed by atoms with E-state index in [0.29, 0.717) is 91.7 Å². The van der Waals surface area contributed by atoms with Gasteiger partial charge in [-0.1, -0.05) is 24.3 Å². The Morgan fingerprint density at radius 3 is 1.17 bits per heavy atom. The zero-order valence-electron chi connectivity index (χ0n) is 44.5. The Morgan fingerprint density at radius 1 is 0.487 bits per heavy atom. The highest BCUT2D eigenvalue weighted by molar-refractivity contribution is 7.91. The molecule has 0 fully saturated rings. The Kier molecular flexibility index (Phi) is 15.9. The molecule has 0 amide bonds. The number of nitrogens with zero attached hydrogens (tertiary/aromatic N) is 10. The molecule has 408 valence electrons. The lowest BCUT2D eigenvalue weighted by Crippen LogP contribution is -2.29. The Balaban J connectivity index is 0.000000190. The first-order valence-electron chi connectivity index (χ1n) is 24.3. The fraction of sp³-hybridized carbons (Fsp3) is 0.296. The zero-order valence-corrected chi connectivity index (χ0v) is 46.1. The molecular weight excluding hydrogens is 1040 g/mol. The Labute approximate surface area is 450 Å². The molecule has 0 radical (unpaired) electrons. The number of aromatic nitrogens is 10. The van der Waals surface area contributed by atoms with Crippen LogP contribution in [0.2, 0.25) is 0 Å². The highest BCUT2D eigenvalue weighted by Crippen LogP contribution is 2.40. The van der Waals surface area contributed by atoms with Crippen LogP contribution in [-0.2, 0) is 40.7 Å². The molecule has 0 saturated heterocycles. The smallest absolute Gasteiger partial charge is 0.204 e. The minimum Gasteiger partial charge on any atom is -0.494 e. The van der Waals surface area contributed by atoms with E-state index in [1.54, 1.807) is 96.0 Å². The number of para-hydroxylation sites is 2. The number of fused-ring (bicyclic) bond motifs is 2. The number of benzene rings is 2. The summed E-state index contributed by atoms with van der Waals surface area (Å²) in [6.07, 6.45) is 5.63. The number of aryl methyl sites for hydroxylation is 2. The van der Waals surface area contributed by atoms with Crippen LogP contribution in [0.25, 0.3) is 45.8 Å². The third-order valence-corrected chi connectivity index (χ3v) is 17.2. The van der Waals surface area contributed by atoms with Crippen molar-refractivity contribution in [2.45, 2.75) is 61.9 Å². The van der Waals surface area contributed by atoms with E-state index in [2.05, 4.69) is 30.4 Å². The van der Waals surface area contributed by atoms with Crippen LogP contribution in [0.4, 0.5) is 0 Å². The summed E-state index contributed by atoms with van der Waals surface area (Å²) in [5.41, 5.74) is 3.33. The number of furan rings is 2. The lowest BCUT2D eigenvalue weighted by atomic mass is 10.2. The van der Waals surface area contributed by atoms with Crippen molar-refractivity contribution in [2.75, 3.05) is 42.7 Å². The van der Waals surface area contributed by atoms with Crippen LogP contribution in [0.5, 0.6) is 23.0 Å². The standard InChI is InChI=1S/2C27H29N5O6S/c2*1-17-12-13-22(38-17)27-30-29-24(32(27)25-20(35-3)9-8-10-21(25)36-4)16-39(33,34)18(2)26(37-5)19-15-31-14-7-6-11-23(31)28-19/h2*6-15,18,26H,16H2,1-5H3/t2*18-,26+/m10/s1. The van der Waals surface area contributed by atoms with Gasteiger partial charge in [0.25, 0.3) is 0 Å². The van der Waals surface area contributed by atoms with E-state index in [0.717, 1.165) is 0 Å². The second-order valence-corrected chi connectivity index (χ2v) is 22.7. The highest BCUT2D eigenvalue weighted by atomic mass is 32.2. The number of rotatable bonds is 20. The summed E-state index contributed by atoms with van der Waals surface area (Å²) in [7, 11) is 1.33. The molecule has 22 nitrogen and oxygen atoms in total. The second kappa shape index (κ2) is 22.7. The molecule has 24 heteroatoms. The summed E-state index contributed by atoms with van der Waals surface area (Å²) in [5, 5.41) is 15.3. The lowest BCUT2D eigenvalue weighted by molar-refractivity contribution is 0.0990. The Bertz CT molecular complexity index is 3590. The molecule has 10 rings (SSSR count). The van der Waals surface area contributed by atoms with Crippen LogP contribution < -0.4 is 18.9 Å². The van der Waals surface area contributed by atoms with Crippen molar-refractivity contribution in [1.82, 2.24) is 48.3 Å². The van der Waals surface area contributed by atoms with Gasteiger partial charge in [-0.3, -0.25) is 9.13 Å². The van der Waals surface area contributed by atoms with Gasteiger partial charge in [-0.15, -0.1) is 20.4 Å². The summed E-state index contributed by atoms with van der Waals surface area (Å²) in [5.74, 6) is 4.06. The molecule has 4 atom stereocenters. The second-order valence-electron chi connectivity index (χ2n) is 18.0. The van der Waals surface area contributed by atoms with Crippen molar-refractivity contribution in [3.8, 4) is 57.5 Å². The number of imidazole rings is 2. The SMILES string of the molecule is COc1cccc(OC)c1-n1c(CS(=O)(=O)[C@@H](C)[C@@H](OC)c2cn3ccccc3n2)nnc1-c1ccc(C)o1.COc1cccc(OC)c1-n1c(CS(=O)(=O)[C@H](C)[C@H](OC)c2cn3ccccc3n2)nnc1-c1ccc(C)o1. The first-order chi connectivity index (χ1) is 37.5. The van der Waals surface area contributed by atoms with Gasteiger partial charge >= 0.3 is 0 Å². The van der Waals surface area contributed by atoms with Gasteiger partial charge in [0.15, 0.2) is 42.8 Å². The van der Waals surface area contributed by atoms with E-state index in [9.17, 15) is 16.8 Å². The minimum atomic E-state index is -3.85. The van der Waals surface area contributed by atoms with Crippen LogP contribution in [-0.4, -0.2) is 118 Å². The van der Waals surface area contributed by atoms with Crippen LogP contribution >= 0.6 is 0 Å². The predicted molar refractivity (Wildman–Crippen MR) is 288 cm³/mol. The lowest BCUT2D eigenvalue weighted by Gasteiger charge is -2.22. The van der Waals surface area contributed by atoms with E-state index >= 15 is 0 Å². The molecule has 8 heterocycles. The summed E-state index contributed by atoms with van der Waals surface area (Å²) in [4.78, 5) is 9.15.